The topological polar surface area (TPSA) is 15.3 Å². The molecule has 0 spiro atoms. The smallest absolute Gasteiger partial charge is 0.0233 e. The molecule has 0 amide bonds. The molecule has 0 aliphatic carbocycles. The average molecular weight is 284 g/mol. The zero-order valence-electron chi connectivity index (χ0n) is 13.6. The highest BCUT2D eigenvalue weighted by Crippen LogP contribution is 2.18. The fraction of sp³-hybridized carbons (Fsp3) is 0.474. The molecule has 1 fully saturated rings. The minimum absolute atomic E-state index is 0.729. The molecule has 1 aliphatic rings. The van der Waals surface area contributed by atoms with Crippen molar-refractivity contribution in [3.05, 3.63) is 48.0 Å². The van der Waals surface area contributed by atoms with Gasteiger partial charge in [-0.3, -0.25) is 4.90 Å². The Hall–Kier alpha value is -1.38. The summed E-state index contributed by atoms with van der Waals surface area (Å²) in [6, 6.07) is 16.1. The summed E-state index contributed by atoms with van der Waals surface area (Å²) in [5, 5.41) is 6.11. The normalized spacial score (nSPS) is 15.8. The van der Waals surface area contributed by atoms with Gasteiger partial charge in [0.05, 0.1) is 0 Å². The Kier molecular flexibility index (Phi) is 6.21. The van der Waals surface area contributed by atoms with Gasteiger partial charge in [0.25, 0.3) is 0 Å². The summed E-state index contributed by atoms with van der Waals surface area (Å²) in [6.07, 6.45) is 2.54. The Morgan fingerprint density at radius 1 is 1.00 bits per heavy atom. The molecule has 0 saturated carbocycles. The first kappa shape index (κ1) is 16.0. The van der Waals surface area contributed by atoms with E-state index >= 15 is 0 Å². The lowest BCUT2D eigenvalue weighted by Crippen LogP contribution is -2.40. The van der Waals surface area contributed by atoms with E-state index in [1.807, 2.05) is 13.8 Å². The van der Waals surface area contributed by atoms with Gasteiger partial charge in [0, 0.05) is 12.6 Å². The maximum absolute atomic E-state index is 3.43. The Morgan fingerprint density at radius 2 is 1.67 bits per heavy atom. The standard InChI is InChI=1S/C17H22N2.C2H6/c1-19(17-8-10-18-11-9-17)13-14-6-7-15-4-2-3-5-16(15)12-14;1-2/h2-7,12,17-18H,8-11,13H2,1H3;1-2H3. The number of fused-ring (bicyclic) bond motifs is 1. The van der Waals surface area contributed by atoms with Crippen molar-refractivity contribution in [1.82, 2.24) is 10.2 Å². The van der Waals surface area contributed by atoms with Crippen LogP contribution >= 0.6 is 0 Å². The molecule has 2 nitrogen and oxygen atoms in total. The van der Waals surface area contributed by atoms with Crippen LogP contribution in [0.25, 0.3) is 10.8 Å². The molecule has 21 heavy (non-hydrogen) atoms. The highest BCUT2D eigenvalue weighted by molar-refractivity contribution is 5.82. The van der Waals surface area contributed by atoms with Crippen molar-refractivity contribution in [1.29, 1.82) is 0 Å². The van der Waals surface area contributed by atoms with E-state index in [9.17, 15) is 0 Å². The summed E-state index contributed by atoms with van der Waals surface area (Å²) in [4.78, 5) is 2.50. The third kappa shape index (κ3) is 4.29. The van der Waals surface area contributed by atoms with Crippen LogP contribution in [0.2, 0.25) is 0 Å². The van der Waals surface area contributed by atoms with Crippen molar-refractivity contribution in [2.75, 3.05) is 20.1 Å². The summed E-state index contributed by atoms with van der Waals surface area (Å²) in [6.45, 7) is 7.37. The van der Waals surface area contributed by atoms with Crippen LogP contribution < -0.4 is 5.32 Å². The van der Waals surface area contributed by atoms with Crippen molar-refractivity contribution in [3.63, 3.8) is 0 Å². The quantitative estimate of drug-likeness (QED) is 0.914. The average Bonchev–Trinajstić information content (AvgIpc) is 2.57. The van der Waals surface area contributed by atoms with Gasteiger partial charge in [-0.05, 0) is 55.4 Å². The zero-order valence-corrected chi connectivity index (χ0v) is 13.6. The van der Waals surface area contributed by atoms with Gasteiger partial charge in [0.15, 0.2) is 0 Å². The van der Waals surface area contributed by atoms with Crippen molar-refractivity contribution >= 4 is 10.8 Å². The molecule has 2 aromatic carbocycles. The van der Waals surface area contributed by atoms with Gasteiger partial charge in [-0.15, -0.1) is 0 Å². The molecule has 0 atom stereocenters. The molecule has 1 saturated heterocycles. The first-order chi connectivity index (χ1) is 10.3. The molecule has 1 aliphatic heterocycles. The summed E-state index contributed by atoms with van der Waals surface area (Å²) in [7, 11) is 2.26. The van der Waals surface area contributed by atoms with Crippen LogP contribution in [-0.4, -0.2) is 31.1 Å². The summed E-state index contributed by atoms with van der Waals surface area (Å²) in [5.74, 6) is 0. The Bertz CT molecular complexity index is 544. The second-order valence-electron chi connectivity index (χ2n) is 5.58. The maximum Gasteiger partial charge on any atom is 0.0233 e. The van der Waals surface area contributed by atoms with Crippen LogP contribution in [0.15, 0.2) is 42.5 Å². The molecular weight excluding hydrogens is 256 g/mol. The van der Waals surface area contributed by atoms with Gasteiger partial charge in [-0.25, -0.2) is 0 Å². The molecular formula is C19H28N2. The third-order valence-electron chi connectivity index (χ3n) is 4.18. The van der Waals surface area contributed by atoms with Crippen LogP contribution in [-0.2, 0) is 6.54 Å². The van der Waals surface area contributed by atoms with Crippen LogP contribution in [0.4, 0.5) is 0 Å². The predicted molar refractivity (Wildman–Crippen MR) is 92.7 cm³/mol. The third-order valence-corrected chi connectivity index (χ3v) is 4.18. The number of nitrogens with zero attached hydrogens (tertiary/aromatic N) is 1. The fourth-order valence-electron chi connectivity index (χ4n) is 3.00. The van der Waals surface area contributed by atoms with Gasteiger partial charge in [-0.2, -0.15) is 0 Å². The number of nitrogens with one attached hydrogen (secondary N) is 1. The van der Waals surface area contributed by atoms with E-state index in [1.54, 1.807) is 0 Å². The van der Waals surface area contributed by atoms with E-state index in [0.29, 0.717) is 0 Å². The number of hydrogen-bond acceptors (Lipinski definition) is 2. The van der Waals surface area contributed by atoms with E-state index in [4.69, 9.17) is 0 Å². The Morgan fingerprint density at radius 3 is 2.38 bits per heavy atom. The van der Waals surface area contributed by atoms with E-state index < -0.39 is 0 Å². The zero-order chi connectivity index (χ0) is 15.1. The minimum Gasteiger partial charge on any atom is -0.317 e. The van der Waals surface area contributed by atoms with Crippen molar-refractivity contribution in [2.45, 2.75) is 39.3 Å². The molecule has 3 rings (SSSR count). The molecule has 0 aromatic heterocycles. The van der Waals surface area contributed by atoms with Crippen LogP contribution in [0, 0.1) is 0 Å². The van der Waals surface area contributed by atoms with Crippen LogP contribution in [0.5, 0.6) is 0 Å². The highest BCUT2D eigenvalue weighted by Gasteiger charge is 2.17. The number of piperidine rings is 1. The van der Waals surface area contributed by atoms with Crippen molar-refractivity contribution in [2.24, 2.45) is 0 Å². The molecule has 2 aromatic rings. The highest BCUT2D eigenvalue weighted by atomic mass is 15.1. The number of benzene rings is 2. The number of rotatable bonds is 3. The van der Waals surface area contributed by atoms with Crippen molar-refractivity contribution < 1.29 is 0 Å². The molecule has 0 bridgehead atoms. The molecule has 0 unspecified atom stereocenters. The summed E-state index contributed by atoms with van der Waals surface area (Å²) >= 11 is 0. The summed E-state index contributed by atoms with van der Waals surface area (Å²) in [5.41, 5.74) is 1.42. The van der Waals surface area contributed by atoms with Gasteiger partial charge >= 0.3 is 0 Å². The van der Waals surface area contributed by atoms with Crippen LogP contribution in [0.3, 0.4) is 0 Å². The lowest BCUT2D eigenvalue weighted by Gasteiger charge is -2.31. The molecule has 114 valence electrons. The maximum atomic E-state index is 3.43. The number of hydrogen-bond donors (Lipinski definition) is 1. The lowest BCUT2D eigenvalue weighted by atomic mass is 10.0. The SMILES string of the molecule is CC.CN(Cc1ccc2ccccc2c1)C1CCNCC1. The molecule has 1 heterocycles. The molecule has 0 radical (unpaired) electrons. The van der Waals surface area contributed by atoms with E-state index in [2.05, 4.69) is 59.7 Å². The van der Waals surface area contributed by atoms with Gasteiger partial charge in [0.1, 0.15) is 0 Å². The van der Waals surface area contributed by atoms with Gasteiger partial charge in [-0.1, -0.05) is 50.2 Å². The molecule has 1 N–H and O–H groups in total. The van der Waals surface area contributed by atoms with Gasteiger partial charge in [0.2, 0.25) is 0 Å². The van der Waals surface area contributed by atoms with E-state index in [1.165, 1.54) is 29.2 Å². The van der Waals surface area contributed by atoms with Crippen LogP contribution in [0.1, 0.15) is 32.3 Å². The van der Waals surface area contributed by atoms with E-state index in [-0.39, 0.29) is 0 Å². The monoisotopic (exact) mass is 284 g/mol. The first-order valence-corrected chi connectivity index (χ1v) is 8.21. The minimum atomic E-state index is 0.729. The largest absolute Gasteiger partial charge is 0.317 e. The second-order valence-corrected chi connectivity index (χ2v) is 5.58. The summed E-state index contributed by atoms with van der Waals surface area (Å²) < 4.78 is 0. The Balaban J connectivity index is 0.000000774. The molecule has 2 heteroatoms. The first-order valence-electron chi connectivity index (χ1n) is 8.21. The van der Waals surface area contributed by atoms with Crippen molar-refractivity contribution in [3.8, 4) is 0 Å². The van der Waals surface area contributed by atoms with E-state index in [0.717, 1.165) is 25.7 Å². The Labute approximate surface area is 129 Å². The fourth-order valence-corrected chi connectivity index (χ4v) is 3.00. The predicted octanol–water partition coefficient (Wildman–Crippen LogP) is 4.05. The second kappa shape index (κ2) is 8.16. The lowest BCUT2D eigenvalue weighted by molar-refractivity contribution is 0.192. The van der Waals surface area contributed by atoms with Gasteiger partial charge < -0.3 is 5.32 Å².